The average Bonchev–Trinajstić information content (AvgIpc) is 2.38. The molecule has 0 aromatic heterocycles. The van der Waals surface area contributed by atoms with E-state index in [1.165, 1.54) is 6.07 Å². The standard InChI is InChI=1S/C15H23NO3S/c1-6-16(7-2)14(17)12-10-8-9-11-13(12)20(18,19)15(3,4)5/h8-11H,6-7H2,1-5H3. The van der Waals surface area contributed by atoms with Crippen LogP contribution in [0.5, 0.6) is 0 Å². The van der Waals surface area contributed by atoms with Gasteiger partial charge in [0.1, 0.15) is 0 Å². The Bertz CT molecular complexity index is 581. The third kappa shape index (κ3) is 3.03. The SMILES string of the molecule is CCN(CC)C(=O)c1ccccc1S(=O)(=O)C(C)(C)C. The lowest BCUT2D eigenvalue weighted by atomic mass is 10.2. The molecule has 0 radical (unpaired) electrons. The number of carbonyl (C=O) groups excluding carboxylic acids is 1. The predicted molar refractivity (Wildman–Crippen MR) is 80.6 cm³/mol. The summed E-state index contributed by atoms with van der Waals surface area (Å²) in [6.07, 6.45) is 0. The summed E-state index contributed by atoms with van der Waals surface area (Å²) in [5.41, 5.74) is 0.256. The fourth-order valence-corrected chi connectivity index (χ4v) is 3.25. The van der Waals surface area contributed by atoms with Crippen molar-refractivity contribution in [2.45, 2.75) is 44.3 Å². The van der Waals surface area contributed by atoms with E-state index in [2.05, 4.69) is 0 Å². The fourth-order valence-electron chi connectivity index (χ4n) is 1.89. The summed E-state index contributed by atoms with van der Waals surface area (Å²) in [4.78, 5) is 14.2. The van der Waals surface area contributed by atoms with Gasteiger partial charge in [-0.1, -0.05) is 12.1 Å². The molecule has 1 aromatic rings. The van der Waals surface area contributed by atoms with Gasteiger partial charge in [0.25, 0.3) is 5.91 Å². The van der Waals surface area contributed by atoms with Gasteiger partial charge in [0.2, 0.25) is 0 Å². The van der Waals surface area contributed by atoms with E-state index < -0.39 is 14.6 Å². The Morgan fingerprint density at radius 2 is 1.60 bits per heavy atom. The number of amides is 1. The van der Waals surface area contributed by atoms with Crippen LogP contribution in [0, 0.1) is 0 Å². The number of carbonyl (C=O) groups is 1. The molecule has 20 heavy (non-hydrogen) atoms. The summed E-state index contributed by atoms with van der Waals surface area (Å²) in [6.45, 7) is 9.78. The first-order valence-corrected chi connectivity index (χ1v) is 8.28. The smallest absolute Gasteiger partial charge is 0.255 e. The van der Waals surface area contributed by atoms with Gasteiger partial charge in [0, 0.05) is 13.1 Å². The molecule has 0 aliphatic rings. The van der Waals surface area contributed by atoms with Crippen LogP contribution >= 0.6 is 0 Å². The number of rotatable bonds is 4. The molecular weight excluding hydrogens is 274 g/mol. The van der Waals surface area contributed by atoms with Gasteiger partial charge in [-0.05, 0) is 46.8 Å². The molecule has 1 aromatic carbocycles. The quantitative estimate of drug-likeness (QED) is 0.858. The largest absolute Gasteiger partial charge is 0.339 e. The van der Waals surface area contributed by atoms with Crippen LogP contribution in [0.1, 0.15) is 45.0 Å². The third-order valence-corrected chi connectivity index (χ3v) is 5.81. The van der Waals surface area contributed by atoms with Crippen LogP contribution in [0.4, 0.5) is 0 Å². The fraction of sp³-hybridized carbons (Fsp3) is 0.533. The Balaban J connectivity index is 3.44. The lowest BCUT2D eigenvalue weighted by Gasteiger charge is -2.24. The van der Waals surface area contributed by atoms with E-state index in [-0.39, 0.29) is 16.4 Å². The molecular formula is C15H23NO3S. The highest BCUT2D eigenvalue weighted by Crippen LogP contribution is 2.28. The first-order valence-electron chi connectivity index (χ1n) is 6.79. The van der Waals surface area contributed by atoms with E-state index in [0.717, 1.165) is 0 Å². The highest BCUT2D eigenvalue weighted by atomic mass is 32.2. The molecule has 0 atom stereocenters. The zero-order valence-electron chi connectivity index (χ0n) is 12.8. The summed E-state index contributed by atoms with van der Waals surface area (Å²) in [6, 6.07) is 6.44. The lowest BCUT2D eigenvalue weighted by Crippen LogP contribution is -2.34. The van der Waals surface area contributed by atoms with Crippen LogP contribution in [0.15, 0.2) is 29.2 Å². The van der Waals surface area contributed by atoms with Crippen molar-refractivity contribution in [2.24, 2.45) is 0 Å². The van der Waals surface area contributed by atoms with Gasteiger partial charge in [0.05, 0.1) is 15.2 Å². The van der Waals surface area contributed by atoms with E-state index in [1.54, 1.807) is 43.9 Å². The topological polar surface area (TPSA) is 54.5 Å². The summed E-state index contributed by atoms with van der Waals surface area (Å²) < 4.78 is 24.3. The number of benzene rings is 1. The van der Waals surface area contributed by atoms with Crippen molar-refractivity contribution >= 4 is 15.7 Å². The molecule has 0 bridgehead atoms. The second kappa shape index (κ2) is 5.95. The molecule has 0 spiro atoms. The molecule has 0 N–H and O–H groups in total. The van der Waals surface area contributed by atoms with Crippen molar-refractivity contribution < 1.29 is 13.2 Å². The molecule has 0 aliphatic carbocycles. The Hall–Kier alpha value is -1.36. The van der Waals surface area contributed by atoms with Crippen molar-refractivity contribution in [2.75, 3.05) is 13.1 Å². The Morgan fingerprint density at radius 1 is 1.10 bits per heavy atom. The summed E-state index contributed by atoms with van der Waals surface area (Å²) in [5.74, 6) is -0.238. The van der Waals surface area contributed by atoms with E-state index >= 15 is 0 Å². The molecule has 0 saturated carbocycles. The maximum atomic E-state index is 12.6. The second-order valence-corrected chi connectivity index (χ2v) is 8.26. The van der Waals surface area contributed by atoms with E-state index in [1.807, 2.05) is 13.8 Å². The first kappa shape index (κ1) is 16.7. The monoisotopic (exact) mass is 297 g/mol. The molecule has 1 amide bonds. The zero-order chi connectivity index (χ0) is 15.6. The van der Waals surface area contributed by atoms with Gasteiger partial charge in [-0.25, -0.2) is 8.42 Å². The highest BCUT2D eigenvalue weighted by molar-refractivity contribution is 7.92. The molecule has 1 rings (SSSR count). The number of sulfone groups is 1. The van der Waals surface area contributed by atoms with Crippen molar-refractivity contribution in [1.29, 1.82) is 0 Å². The zero-order valence-corrected chi connectivity index (χ0v) is 13.6. The summed E-state index contributed by atoms with van der Waals surface area (Å²) in [5, 5.41) is 0. The van der Waals surface area contributed by atoms with E-state index in [4.69, 9.17) is 0 Å². The molecule has 0 fully saturated rings. The second-order valence-electron chi connectivity index (χ2n) is 5.59. The van der Waals surface area contributed by atoms with Gasteiger partial charge < -0.3 is 4.90 Å². The first-order chi connectivity index (χ1) is 9.16. The van der Waals surface area contributed by atoms with Crippen molar-refractivity contribution in [1.82, 2.24) is 4.90 Å². The van der Waals surface area contributed by atoms with E-state index in [9.17, 15) is 13.2 Å². The number of nitrogens with zero attached hydrogens (tertiary/aromatic N) is 1. The average molecular weight is 297 g/mol. The highest BCUT2D eigenvalue weighted by Gasteiger charge is 2.34. The van der Waals surface area contributed by atoms with Gasteiger partial charge in [-0.2, -0.15) is 0 Å². The molecule has 112 valence electrons. The Morgan fingerprint density at radius 3 is 2.05 bits per heavy atom. The van der Waals surface area contributed by atoms with E-state index in [0.29, 0.717) is 13.1 Å². The van der Waals surface area contributed by atoms with Gasteiger partial charge in [-0.15, -0.1) is 0 Å². The lowest BCUT2D eigenvalue weighted by molar-refractivity contribution is 0.0769. The maximum Gasteiger partial charge on any atom is 0.255 e. The summed E-state index contributed by atoms with van der Waals surface area (Å²) >= 11 is 0. The van der Waals surface area contributed by atoms with Crippen LogP contribution in [0.2, 0.25) is 0 Å². The van der Waals surface area contributed by atoms with Crippen molar-refractivity contribution in [3.63, 3.8) is 0 Å². The van der Waals surface area contributed by atoms with Crippen molar-refractivity contribution in [3.8, 4) is 0 Å². The van der Waals surface area contributed by atoms with Crippen LogP contribution in [0.25, 0.3) is 0 Å². The van der Waals surface area contributed by atoms with Gasteiger partial charge in [0.15, 0.2) is 9.84 Å². The van der Waals surface area contributed by atoms with Crippen LogP contribution in [-0.4, -0.2) is 37.1 Å². The minimum Gasteiger partial charge on any atom is -0.339 e. The summed E-state index contributed by atoms with van der Waals surface area (Å²) in [7, 11) is -3.55. The molecule has 5 heteroatoms. The molecule has 4 nitrogen and oxygen atoms in total. The minimum absolute atomic E-state index is 0.115. The normalized spacial score (nSPS) is 12.2. The van der Waals surface area contributed by atoms with Gasteiger partial charge >= 0.3 is 0 Å². The molecule has 0 heterocycles. The number of hydrogen-bond donors (Lipinski definition) is 0. The Kier molecular flexibility index (Phi) is 4.97. The molecule has 0 aliphatic heterocycles. The molecule has 0 unspecified atom stereocenters. The number of hydrogen-bond acceptors (Lipinski definition) is 3. The van der Waals surface area contributed by atoms with Crippen LogP contribution in [0.3, 0.4) is 0 Å². The van der Waals surface area contributed by atoms with Crippen molar-refractivity contribution in [3.05, 3.63) is 29.8 Å². The van der Waals surface area contributed by atoms with Gasteiger partial charge in [-0.3, -0.25) is 4.79 Å². The van der Waals surface area contributed by atoms with Crippen LogP contribution < -0.4 is 0 Å². The minimum atomic E-state index is -3.55. The Labute approximate surface area is 121 Å². The third-order valence-electron chi connectivity index (χ3n) is 3.26. The molecule has 0 saturated heterocycles. The maximum absolute atomic E-state index is 12.6. The predicted octanol–water partition coefficient (Wildman–Crippen LogP) is 2.74. The van der Waals surface area contributed by atoms with Crippen LogP contribution in [-0.2, 0) is 9.84 Å².